The molecule has 0 bridgehead atoms. The Kier molecular flexibility index (Phi) is 17.3. The molecule has 4 unspecified atom stereocenters. The van der Waals surface area contributed by atoms with Crippen LogP contribution in [-0.2, 0) is 22.9 Å². The molecule has 10 rings (SSSR count). The Hall–Kier alpha value is -1.39. The summed E-state index contributed by atoms with van der Waals surface area (Å²) in [5.41, 5.74) is 7.20. The maximum absolute atomic E-state index is 11.2. The Bertz CT molecular complexity index is 2070. The molecule has 3 fully saturated rings. The van der Waals surface area contributed by atoms with E-state index in [0.29, 0.717) is 29.2 Å². The van der Waals surface area contributed by atoms with E-state index in [0.717, 1.165) is 25.2 Å². The number of hydrogen-bond acceptors (Lipinski definition) is 6. The van der Waals surface area contributed by atoms with Gasteiger partial charge in [-0.2, -0.15) is 0 Å². The molecular weight excluding hydrogens is 1040 g/mol. The molecule has 0 radical (unpaired) electrons. The van der Waals surface area contributed by atoms with Gasteiger partial charge in [0.2, 0.25) is 0 Å². The number of benzene rings is 2. The van der Waals surface area contributed by atoms with Crippen molar-refractivity contribution in [1.82, 2.24) is 18.9 Å². The molecule has 8 aliphatic rings. The van der Waals surface area contributed by atoms with Gasteiger partial charge >= 0.3 is 83.7 Å². The average Bonchev–Trinajstić information content (AvgIpc) is 3.77. The molecule has 6 nitrogen and oxygen atoms in total. The van der Waals surface area contributed by atoms with Crippen LogP contribution in [0.5, 0.6) is 0 Å². The zero-order chi connectivity index (χ0) is 44.6. The summed E-state index contributed by atoms with van der Waals surface area (Å²) in [6.07, 6.45) is 24.1. The Morgan fingerprint density at radius 3 is 1.34 bits per heavy atom. The monoisotopic (exact) mass is 1110 g/mol. The Morgan fingerprint density at radius 2 is 0.938 bits per heavy atom. The standard InChI is InChI=1S/C22H31N3Si.C22H27N3Si.CH3.5ClH.2Cr.4FH.4H2/c2*1-26(2,25-16-8-15-24-14-7-13-23-22(24)25)21-19-11-5-3-9-17(19)18-10-4-6-12-20(18)21;;;;;;;;;;;;;;;;/h3-6,9-12,17-21H,7-8,13-16H2,1-2H3;3-6,9-12,21H,7-8,13-16H2,1-2H3;1H3;5*1H;;;8*1H/q;;-1;;;;;;+2;+6;;;;;;;;/p-8/i;;;;;;;;;;;;;;4*1+2. The number of rotatable bonds is 4. The van der Waals surface area contributed by atoms with Crippen LogP contribution in [0.15, 0.2) is 107 Å². The van der Waals surface area contributed by atoms with Crippen LogP contribution in [0.25, 0.3) is 11.1 Å². The molecular formula is C45H70Cl5Cr2F4N6Si2-. The van der Waals surface area contributed by atoms with Crippen molar-refractivity contribution >= 4 is 78.6 Å². The van der Waals surface area contributed by atoms with Crippen LogP contribution in [-0.4, -0.2) is 99.7 Å². The fourth-order valence-electron chi connectivity index (χ4n) is 11.6. The third-order valence-corrected chi connectivity index (χ3v) is 21.9. The number of guanidine groups is 2. The molecule has 19 heteroatoms. The van der Waals surface area contributed by atoms with Crippen molar-refractivity contribution < 1.29 is 43.9 Å². The van der Waals surface area contributed by atoms with Crippen molar-refractivity contribution in [3.05, 3.63) is 116 Å². The summed E-state index contributed by atoms with van der Waals surface area (Å²) in [6, 6.07) is 18.1. The van der Waals surface area contributed by atoms with E-state index in [2.05, 4.69) is 172 Å². The van der Waals surface area contributed by atoms with Crippen LogP contribution >= 0.6 is 50.2 Å². The van der Waals surface area contributed by atoms with Crippen molar-refractivity contribution in [1.29, 1.82) is 0 Å². The summed E-state index contributed by atoms with van der Waals surface area (Å²) in [5.74, 6) is 5.35. The zero-order valence-electron chi connectivity index (χ0n) is 37.1. The number of hydrogen-bond donors (Lipinski definition) is 0. The van der Waals surface area contributed by atoms with E-state index in [1.54, 1.807) is 0 Å². The van der Waals surface area contributed by atoms with Crippen LogP contribution in [0.4, 0.5) is 15.3 Å². The summed E-state index contributed by atoms with van der Waals surface area (Å²) < 4.78 is 39.1. The summed E-state index contributed by atoms with van der Waals surface area (Å²) >= 11 is -0.181. The summed E-state index contributed by atoms with van der Waals surface area (Å²) in [4.78, 5) is 15.1. The normalized spacial score (nSPS) is 26.3. The van der Waals surface area contributed by atoms with Crippen molar-refractivity contribution in [3.63, 3.8) is 0 Å². The molecule has 1 saturated carbocycles. The van der Waals surface area contributed by atoms with E-state index in [9.17, 15) is 10.6 Å². The molecule has 364 valence electrons. The third-order valence-electron chi connectivity index (χ3n) is 13.8. The SMILES string of the molecule is C[Si](C)(C1C2C=CC=CC2C2C=CC=CC21)N1CCCN2CCCN=C21.C[Si](C)(C1c2ccccc2-c2ccccc21)N1CCCN2CCCN=C21.F.[3HH].[3HH].[3HH].[3HH].[CH3-].[Cl][Cr][Cl].[F][Cr]([F])([F])([Cl])([Cl])[Cl]. The summed E-state index contributed by atoms with van der Waals surface area (Å²) in [5, 5.41) is 0. The topological polar surface area (TPSA) is 37.7 Å². The molecule has 64 heavy (non-hydrogen) atoms. The molecule has 0 aromatic heterocycles. The second-order valence-electron chi connectivity index (χ2n) is 18.3. The molecule has 4 aliphatic heterocycles. The van der Waals surface area contributed by atoms with Crippen LogP contribution < -0.4 is 0 Å². The molecule has 4 heterocycles. The second-order valence-corrected chi connectivity index (χ2v) is 42.2. The maximum atomic E-state index is 11.2. The first-order valence-electron chi connectivity index (χ1n) is 21.6. The first kappa shape index (κ1) is 53.6. The van der Waals surface area contributed by atoms with Crippen LogP contribution in [0.3, 0.4) is 0 Å². The molecule has 2 aromatic carbocycles. The van der Waals surface area contributed by atoms with Crippen molar-refractivity contribution in [2.24, 2.45) is 33.7 Å². The number of halogens is 9. The van der Waals surface area contributed by atoms with Gasteiger partial charge in [0.05, 0.1) is 0 Å². The van der Waals surface area contributed by atoms with Crippen LogP contribution in [0.1, 0.15) is 48.1 Å². The molecule has 2 aromatic rings. The molecule has 0 N–H and O–H groups in total. The predicted octanol–water partition coefficient (Wildman–Crippen LogP) is 14.7. The van der Waals surface area contributed by atoms with Gasteiger partial charge in [0.15, 0.2) is 28.4 Å². The van der Waals surface area contributed by atoms with E-state index >= 15 is 0 Å². The van der Waals surface area contributed by atoms with Gasteiger partial charge in [0.25, 0.3) is 0 Å². The Labute approximate surface area is 414 Å². The van der Waals surface area contributed by atoms with Crippen molar-refractivity contribution in [3.8, 4) is 11.1 Å². The van der Waals surface area contributed by atoms with Crippen LogP contribution in [0.2, 0.25) is 31.7 Å². The molecule has 4 aliphatic carbocycles. The van der Waals surface area contributed by atoms with Gasteiger partial charge in [-0.15, -0.1) is 0 Å². The molecule has 2 saturated heterocycles. The number of allylic oxidation sites excluding steroid dienone is 8. The zero-order valence-corrected chi connectivity index (χ0v) is 45.4. The molecule has 0 spiro atoms. The average molecular weight is 1120 g/mol. The minimum absolute atomic E-state index is 0. The number of aliphatic imine (C=N–C) groups is 2. The van der Waals surface area contributed by atoms with Gasteiger partial charge < -0.3 is 26.4 Å². The minimum atomic E-state index is -8.04. The third kappa shape index (κ3) is 12.2. The molecule has 0 amide bonds. The fourth-order valence-corrected chi connectivity index (χ4v) is 19.7. The predicted molar refractivity (Wildman–Crippen MR) is 273 cm³/mol. The van der Waals surface area contributed by atoms with Gasteiger partial charge in [0.1, 0.15) is 0 Å². The van der Waals surface area contributed by atoms with E-state index in [4.69, 9.17) is 30.1 Å². The van der Waals surface area contributed by atoms with E-state index < -0.39 is 26.0 Å². The first-order valence-corrected chi connectivity index (χ1v) is 37.9. The van der Waals surface area contributed by atoms with Gasteiger partial charge in [-0.1, -0.05) is 123 Å². The van der Waals surface area contributed by atoms with Crippen LogP contribution in [0, 0.1) is 31.1 Å². The van der Waals surface area contributed by atoms with Gasteiger partial charge in [-0.05, 0) is 77.1 Å². The molecule has 4 atom stereocenters. The Balaban J connectivity index is 0.000000530. The van der Waals surface area contributed by atoms with E-state index in [1.807, 2.05) is 0 Å². The fraction of sp³-hybridized carbons (Fsp3) is 0.489. The quantitative estimate of drug-likeness (QED) is 0.174. The van der Waals surface area contributed by atoms with E-state index in [1.165, 1.54) is 92.6 Å². The van der Waals surface area contributed by atoms with E-state index in [-0.39, 0.29) is 31.2 Å². The Morgan fingerprint density at radius 1 is 0.594 bits per heavy atom. The van der Waals surface area contributed by atoms with Gasteiger partial charge in [-0.3, -0.25) is 14.7 Å². The first-order chi connectivity index (χ1) is 29.2. The van der Waals surface area contributed by atoms with Crippen molar-refractivity contribution in [2.75, 3.05) is 52.4 Å². The number of nitrogens with zero attached hydrogens (tertiary/aromatic N) is 6. The summed E-state index contributed by atoms with van der Waals surface area (Å²) in [6.45, 7) is 19.5. The van der Waals surface area contributed by atoms with Gasteiger partial charge in [0, 0.05) is 63.6 Å². The van der Waals surface area contributed by atoms with Crippen molar-refractivity contribution in [2.45, 2.75) is 63.0 Å². The number of fused-ring (bicyclic) bond motifs is 8. The van der Waals surface area contributed by atoms with Gasteiger partial charge in [-0.25, -0.2) is 0 Å². The summed E-state index contributed by atoms with van der Waals surface area (Å²) in [7, 11) is 9.30. The second kappa shape index (κ2) is 20.7.